The molecule has 12 heavy (non-hydrogen) atoms. The van der Waals surface area contributed by atoms with Crippen LogP contribution < -0.4 is 5.32 Å². The van der Waals surface area contributed by atoms with E-state index >= 15 is 0 Å². The van der Waals surface area contributed by atoms with E-state index in [9.17, 15) is 0 Å². The van der Waals surface area contributed by atoms with Gasteiger partial charge in [-0.15, -0.1) is 6.58 Å². The Morgan fingerprint density at radius 1 is 1.33 bits per heavy atom. The van der Waals surface area contributed by atoms with Crippen molar-refractivity contribution in [2.45, 2.75) is 46.1 Å². The molecule has 0 aliphatic rings. The Hall–Kier alpha value is -0.300. The van der Waals surface area contributed by atoms with Crippen molar-refractivity contribution in [3.63, 3.8) is 0 Å². The number of rotatable bonds is 7. The molecule has 2 atom stereocenters. The Balaban J connectivity index is 3.30. The SMILES string of the molecule is C=CC(C)C(C)NCCCCC. The lowest BCUT2D eigenvalue weighted by atomic mass is 10.0. The van der Waals surface area contributed by atoms with E-state index in [0.29, 0.717) is 12.0 Å². The van der Waals surface area contributed by atoms with E-state index in [0.717, 1.165) is 6.54 Å². The Morgan fingerprint density at radius 3 is 2.50 bits per heavy atom. The van der Waals surface area contributed by atoms with Crippen LogP contribution in [0.15, 0.2) is 12.7 Å². The van der Waals surface area contributed by atoms with Gasteiger partial charge in [-0.25, -0.2) is 0 Å². The average molecular weight is 169 g/mol. The van der Waals surface area contributed by atoms with Crippen molar-refractivity contribution in [3.05, 3.63) is 12.7 Å². The third kappa shape index (κ3) is 5.36. The zero-order valence-corrected chi connectivity index (χ0v) is 8.77. The first-order valence-electron chi connectivity index (χ1n) is 5.08. The van der Waals surface area contributed by atoms with Crippen LogP contribution in [-0.2, 0) is 0 Å². The van der Waals surface area contributed by atoms with Gasteiger partial charge in [0.05, 0.1) is 0 Å². The van der Waals surface area contributed by atoms with Crippen molar-refractivity contribution in [3.8, 4) is 0 Å². The van der Waals surface area contributed by atoms with Crippen LogP contribution in [0.25, 0.3) is 0 Å². The summed E-state index contributed by atoms with van der Waals surface area (Å²) in [6, 6.07) is 0.569. The molecular formula is C11H23N. The molecule has 72 valence electrons. The van der Waals surface area contributed by atoms with Gasteiger partial charge in [-0.3, -0.25) is 0 Å². The van der Waals surface area contributed by atoms with Crippen molar-refractivity contribution >= 4 is 0 Å². The number of unbranched alkanes of at least 4 members (excludes halogenated alkanes) is 2. The summed E-state index contributed by atoms with van der Waals surface area (Å²) in [6.07, 6.45) is 5.94. The third-order valence-corrected chi connectivity index (χ3v) is 2.41. The summed E-state index contributed by atoms with van der Waals surface area (Å²) < 4.78 is 0. The molecule has 1 nitrogen and oxygen atoms in total. The van der Waals surface area contributed by atoms with Gasteiger partial charge < -0.3 is 5.32 Å². The maximum absolute atomic E-state index is 3.79. The molecule has 0 heterocycles. The third-order valence-electron chi connectivity index (χ3n) is 2.41. The smallest absolute Gasteiger partial charge is 0.00987 e. The van der Waals surface area contributed by atoms with Crippen LogP contribution >= 0.6 is 0 Å². The van der Waals surface area contributed by atoms with E-state index in [4.69, 9.17) is 0 Å². The second kappa shape index (κ2) is 7.35. The first-order chi connectivity index (χ1) is 5.72. The molecule has 1 N–H and O–H groups in total. The van der Waals surface area contributed by atoms with E-state index in [1.807, 2.05) is 6.08 Å². The van der Waals surface area contributed by atoms with Gasteiger partial charge in [-0.2, -0.15) is 0 Å². The molecule has 0 aromatic carbocycles. The summed E-state index contributed by atoms with van der Waals surface area (Å²) in [5, 5.41) is 3.50. The molecule has 0 radical (unpaired) electrons. The molecule has 0 rings (SSSR count). The van der Waals surface area contributed by atoms with E-state index in [1.165, 1.54) is 19.3 Å². The van der Waals surface area contributed by atoms with Crippen LogP contribution in [0.5, 0.6) is 0 Å². The minimum absolute atomic E-state index is 0.569. The Bertz CT molecular complexity index is 110. The van der Waals surface area contributed by atoms with Crippen molar-refractivity contribution in [2.24, 2.45) is 5.92 Å². The van der Waals surface area contributed by atoms with Gasteiger partial charge in [0, 0.05) is 6.04 Å². The summed E-state index contributed by atoms with van der Waals surface area (Å²) >= 11 is 0. The minimum atomic E-state index is 0.569. The van der Waals surface area contributed by atoms with Crippen LogP contribution in [-0.4, -0.2) is 12.6 Å². The standard InChI is InChI=1S/C11H23N/c1-5-7-8-9-12-11(4)10(3)6-2/h6,10-12H,2,5,7-9H2,1,3-4H3. The normalized spacial score (nSPS) is 15.6. The van der Waals surface area contributed by atoms with Gasteiger partial charge in [0.25, 0.3) is 0 Å². The molecule has 0 aliphatic carbocycles. The zero-order valence-electron chi connectivity index (χ0n) is 8.77. The topological polar surface area (TPSA) is 12.0 Å². The van der Waals surface area contributed by atoms with Crippen LogP contribution in [0.3, 0.4) is 0 Å². The lowest BCUT2D eigenvalue weighted by molar-refractivity contribution is 0.451. The largest absolute Gasteiger partial charge is 0.314 e. The summed E-state index contributed by atoms with van der Waals surface area (Å²) in [4.78, 5) is 0. The van der Waals surface area contributed by atoms with Crippen LogP contribution in [0.4, 0.5) is 0 Å². The van der Waals surface area contributed by atoms with Gasteiger partial charge >= 0.3 is 0 Å². The number of hydrogen-bond donors (Lipinski definition) is 1. The number of hydrogen-bond acceptors (Lipinski definition) is 1. The van der Waals surface area contributed by atoms with Crippen LogP contribution in [0.1, 0.15) is 40.0 Å². The highest BCUT2D eigenvalue weighted by molar-refractivity contribution is 4.82. The molecule has 1 heteroatoms. The maximum atomic E-state index is 3.79. The van der Waals surface area contributed by atoms with Gasteiger partial charge in [0.2, 0.25) is 0 Å². The maximum Gasteiger partial charge on any atom is 0.00987 e. The summed E-state index contributed by atoms with van der Waals surface area (Å²) in [7, 11) is 0. The lowest BCUT2D eigenvalue weighted by Crippen LogP contribution is -2.31. The molecule has 0 aromatic rings. The predicted molar refractivity (Wildman–Crippen MR) is 56.4 cm³/mol. The highest BCUT2D eigenvalue weighted by Gasteiger charge is 2.05. The highest BCUT2D eigenvalue weighted by atomic mass is 14.9. The molecule has 0 aliphatic heterocycles. The lowest BCUT2D eigenvalue weighted by Gasteiger charge is -2.17. The fourth-order valence-corrected chi connectivity index (χ4v) is 1.09. The van der Waals surface area contributed by atoms with E-state index < -0.39 is 0 Å². The Labute approximate surface area is 77.2 Å². The molecule has 0 amide bonds. The Morgan fingerprint density at radius 2 is 2.00 bits per heavy atom. The van der Waals surface area contributed by atoms with E-state index in [2.05, 4.69) is 32.7 Å². The molecule has 0 aromatic heterocycles. The average Bonchev–Trinajstić information content (AvgIpc) is 2.10. The predicted octanol–water partition coefficient (Wildman–Crippen LogP) is 2.98. The first kappa shape index (κ1) is 11.7. The van der Waals surface area contributed by atoms with Gasteiger partial charge in [0.15, 0.2) is 0 Å². The van der Waals surface area contributed by atoms with Crippen molar-refractivity contribution in [1.29, 1.82) is 0 Å². The van der Waals surface area contributed by atoms with Gasteiger partial charge in [-0.05, 0) is 25.8 Å². The molecule has 0 saturated heterocycles. The molecular weight excluding hydrogens is 146 g/mol. The molecule has 0 spiro atoms. The zero-order chi connectivity index (χ0) is 9.40. The monoisotopic (exact) mass is 169 g/mol. The van der Waals surface area contributed by atoms with Gasteiger partial charge in [-0.1, -0.05) is 32.8 Å². The van der Waals surface area contributed by atoms with Crippen molar-refractivity contribution < 1.29 is 0 Å². The Kier molecular flexibility index (Phi) is 7.17. The highest BCUT2D eigenvalue weighted by Crippen LogP contribution is 2.03. The second-order valence-electron chi connectivity index (χ2n) is 3.54. The minimum Gasteiger partial charge on any atom is -0.314 e. The number of nitrogens with one attached hydrogen (secondary N) is 1. The second-order valence-corrected chi connectivity index (χ2v) is 3.54. The molecule has 0 bridgehead atoms. The van der Waals surface area contributed by atoms with E-state index in [1.54, 1.807) is 0 Å². The summed E-state index contributed by atoms with van der Waals surface area (Å²) in [5.74, 6) is 0.576. The fourth-order valence-electron chi connectivity index (χ4n) is 1.09. The fraction of sp³-hybridized carbons (Fsp3) is 0.818. The van der Waals surface area contributed by atoms with Crippen molar-refractivity contribution in [1.82, 2.24) is 5.32 Å². The quantitative estimate of drug-likeness (QED) is 0.456. The molecule has 2 unspecified atom stereocenters. The van der Waals surface area contributed by atoms with Crippen LogP contribution in [0.2, 0.25) is 0 Å². The molecule has 0 saturated carbocycles. The van der Waals surface area contributed by atoms with E-state index in [-0.39, 0.29) is 0 Å². The van der Waals surface area contributed by atoms with Crippen LogP contribution in [0, 0.1) is 5.92 Å². The van der Waals surface area contributed by atoms with Gasteiger partial charge in [0.1, 0.15) is 0 Å². The summed E-state index contributed by atoms with van der Waals surface area (Å²) in [6.45, 7) is 11.6. The molecule has 0 fully saturated rings. The van der Waals surface area contributed by atoms with Crippen molar-refractivity contribution in [2.75, 3.05) is 6.54 Å². The first-order valence-corrected chi connectivity index (χ1v) is 5.08. The summed E-state index contributed by atoms with van der Waals surface area (Å²) in [5.41, 5.74) is 0.